The summed E-state index contributed by atoms with van der Waals surface area (Å²) < 4.78 is 44.5. The second-order valence-electron chi connectivity index (χ2n) is 3.96. The van der Waals surface area contributed by atoms with E-state index in [0.29, 0.717) is 18.2 Å². The van der Waals surface area contributed by atoms with Gasteiger partial charge in [0, 0.05) is 11.6 Å². The summed E-state index contributed by atoms with van der Waals surface area (Å²) in [4.78, 5) is 4.11. The summed E-state index contributed by atoms with van der Waals surface area (Å²) in [6.07, 6.45) is 0.825. The average molecular weight is 267 g/mol. The molecule has 0 saturated carbocycles. The Hall–Kier alpha value is -2.04. The first kappa shape index (κ1) is 13.4. The minimum Gasteiger partial charge on any atom is -0.478 e. The standard InChI is InChI=1S/C14H12F3NO/c1-2-6-19-13-5-3-4-12(18-13)9-7-10(15)14(17)11(16)8-9/h3-5,7-8H,2,6H2,1H3. The summed E-state index contributed by atoms with van der Waals surface area (Å²) in [6.45, 7) is 2.46. The largest absolute Gasteiger partial charge is 0.478 e. The first-order chi connectivity index (χ1) is 9.11. The SMILES string of the molecule is CCCOc1cccc(-c2cc(F)c(F)c(F)c2)n1. The fraction of sp³-hybridized carbons (Fsp3) is 0.214. The summed E-state index contributed by atoms with van der Waals surface area (Å²) >= 11 is 0. The summed E-state index contributed by atoms with van der Waals surface area (Å²) in [5.41, 5.74) is 0.491. The minimum atomic E-state index is -1.48. The molecule has 0 bridgehead atoms. The minimum absolute atomic E-state index is 0.165. The third-order valence-electron chi connectivity index (χ3n) is 2.46. The number of rotatable bonds is 4. The molecule has 0 N–H and O–H groups in total. The van der Waals surface area contributed by atoms with Crippen molar-refractivity contribution in [3.63, 3.8) is 0 Å². The van der Waals surface area contributed by atoms with E-state index in [1.807, 2.05) is 6.92 Å². The number of halogens is 3. The molecule has 0 aliphatic rings. The van der Waals surface area contributed by atoms with Gasteiger partial charge in [-0.15, -0.1) is 0 Å². The highest BCUT2D eigenvalue weighted by Crippen LogP contribution is 2.23. The molecule has 1 aromatic carbocycles. The van der Waals surface area contributed by atoms with Gasteiger partial charge in [0.25, 0.3) is 0 Å². The number of aromatic nitrogens is 1. The summed E-state index contributed by atoms with van der Waals surface area (Å²) in [5.74, 6) is -3.60. The third kappa shape index (κ3) is 3.05. The van der Waals surface area contributed by atoms with Crippen molar-refractivity contribution in [3.05, 3.63) is 47.8 Å². The van der Waals surface area contributed by atoms with E-state index in [-0.39, 0.29) is 5.56 Å². The van der Waals surface area contributed by atoms with Gasteiger partial charge in [-0.1, -0.05) is 13.0 Å². The molecule has 5 heteroatoms. The van der Waals surface area contributed by atoms with E-state index in [4.69, 9.17) is 4.74 Å². The Balaban J connectivity index is 2.36. The van der Waals surface area contributed by atoms with Gasteiger partial charge in [-0.3, -0.25) is 0 Å². The van der Waals surface area contributed by atoms with Crippen LogP contribution in [0, 0.1) is 17.5 Å². The van der Waals surface area contributed by atoms with Crippen LogP contribution in [0.4, 0.5) is 13.2 Å². The highest BCUT2D eigenvalue weighted by molar-refractivity contribution is 5.59. The molecule has 2 nitrogen and oxygen atoms in total. The van der Waals surface area contributed by atoms with E-state index in [1.54, 1.807) is 18.2 Å². The Kier molecular flexibility index (Phi) is 4.04. The Morgan fingerprint density at radius 2 is 1.79 bits per heavy atom. The second-order valence-corrected chi connectivity index (χ2v) is 3.96. The molecule has 0 unspecified atom stereocenters. The predicted molar refractivity (Wildman–Crippen MR) is 65.3 cm³/mol. The maximum atomic E-state index is 13.2. The van der Waals surface area contributed by atoms with Crippen molar-refractivity contribution < 1.29 is 17.9 Å². The molecule has 100 valence electrons. The normalized spacial score (nSPS) is 10.5. The number of pyridine rings is 1. The van der Waals surface area contributed by atoms with Crippen LogP contribution < -0.4 is 4.74 Å². The van der Waals surface area contributed by atoms with E-state index < -0.39 is 17.5 Å². The number of hydrogen-bond acceptors (Lipinski definition) is 2. The first-order valence-corrected chi connectivity index (χ1v) is 5.86. The van der Waals surface area contributed by atoms with Gasteiger partial charge in [0.2, 0.25) is 5.88 Å². The molecular weight excluding hydrogens is 255 g/mol. The van der Waals surface area contributed by atoms with Gasteiger partial charge in [-0.25, -0.2) is 18.2 Å². The molecule has 1 aromatic heterocycles. The van der Waals surface area contributed by atoms with Crippen molar-refractivity contribution in [2.24, 2.45) is 0 Å². The van der Waals surface area contributed by atoms with Gasteiger partial charge in [-0.2, -0.15) is 0 Å². The van der Waals surface area contributed by atoms with Gasteiger partial charge in [-0.05, 0) is 24.6 Å². The lowest BCUT2D eigenvalue weighted by atomic mass is 10.1. The number of hydrogen-bond donors (Lipinski definition) is 0. The van der Waals surface area contributed by atoms with Crippen LogP contribution in [0.5, 0.6) is 5.88 Å². The fourth-order valence-electron chi connectivity index (χ4n) is 1.57. The van der Waals surface area contributed by atoms with E-state index in [9.17, 15) is 13.2 Å². The average Bonchev–Trinajstić information content (AvgIpc) is 2.42. The third-order valence-corrected chi connectivity index (χ3v) is 2.46. The number of ether oxygens (including phenoxy) is 1. The zero-order valence-electron chi connectivity index (χ0n) is 10.3. The summed E-state index contributed by atoms with van der Waals surface area (Å²) in [5, 5.41) is 0. The maximum Gasteiger partial charge on any atom is 0.213 e. The Morgan fingerprint density at radius 3 is 2.42 bits per heavy atom. The summed E-state index contributed by atoms with van der Waals surface area (Å²) in [6, 6.07) is 6.70. The van der Waals surface area contributed by atoms with Crippen molar-refractivity contribution in [1.29, 1.82) is 0 Å². The van der Waals surface area contributed by atoms with Crippen LogP contribution in [-0.4, -0.2) is 11.6 Å². The lowest BCUT2D eigenvalue weighted by Crippen LogP contribution is -1.98. The topological polar surface area (TPSA) is 22.1 Å². The van der Waals surface area contributed by atoms with Crippen molar-refractivity contribution in [2.75, 3.05) is 6.61 Å². The van der Waals surface area contributed by atoms with Crippen LogP contribution in [0.3, 0.4) is 0 Å². The monoisotopic (exact) mass is 267 g/mol. The molecule has 0 fully saturated rings. The van der Waals surface area contributed by atoms with Gasteiger partial charge in [0.15, 0.2) is 17.5 Å². The molecule has 0 aliphatic heterocycles. The van der Waals surface area contributed by atoms with Crippen LogP contribution in [0.15, 0.2) is 30.3 Å². The molecule has 0 spiro atoms. The maximum absolute atomic E-state index is 13.2. The van der Waals surface area contributed by atoms with Gasteiger partial charge < -0.3 is 4.74 Å². The molecular formula is C14H12F3NO. The first-order valence-electron chi connectivity index (χ1n) is 5.86. The number of benzene rings is 1. The molecule has 2 rings (SSSR count). The van der Waals surface area contributed by atoms with Crippen molar-refractivity contribution in [2.45, 2.75) is 13.3 Å². The zero-order chi connectivity index (χ0) is 13.8. The van der Waals surface area contributed by atoms with E-state index >= 15 is 0 Å². The van der Waals surface area contributed by atoms with Crippen LogP contribution >= 0.6 is 0 Å². The zero-order valence-corrected chi connectivity index (χ0v) is 10.3. The molecule has 1 heterocycles. The lowest BCUT2D eigenvalue weighted by Gasteiger charge is -2.06. The Bertz CT molecular complexity index is 564. The van der Waals surface area contributed by atoms with Crippen LogP contribution in [0.25, 0.3) is 11.3 Å². The summed E-state index contributed by atoms with van der Waals surface area (Å²) in [7, 11) is 0. The van der Waals surface area contributed by atoms with Crippen LogP contribution in [0.1, 0.15) is 13.3 Å². The van der Waals surface area contributed by atoms with Crippen molar-refractivity contribution >= 4 is 0 Å². The smallest absolute Gasteiger partial charge is 0.213 e. The van der Waals surface area contributed by atoms with Crippen molar-refractivity contribution in [3.8, 4) is 17.1 Å². The van der Waals surface area contributed by atoms with E-state index in [2.05, 4.69) is 4.98 Å². The highest BCUT2D eigenvalue weighted by atomic mass is 19.2. The van der Waals surface area contributed by atoms with Gasteiger partial charge >= 0.3 is 0 Å². The lowest BCUT2D eigenvalue weighted by molar-refractivity contribution is 0.305. The van der Waals surface area contributed by atoms with E-state index in [0.717, 1.165) is 18.6 Å². The van der Waals surface area contributed by atoms with E-state index in [1.165, 1.54) is 0 Å². The molecule has 0 atom stereocenters. The van der Waals surface area contributed by atoms with Gasteiger partial charge in [0.05, 0.1) is 12.3 Å². The van der Waals surface area contributed by atoms with Crippen LogP contribution in [0.2, 0.25) is 0 Å². The van der Waals surface area contributed by atoms with Crippen molar-refractivity contribution in [1.82, 2.24) is 4.98 Å². The molecule has 19 heavy (non-hydrogen) atoms. The van der Waals surface area contributed by atoms with Crippen LogP contribution in [-0.2, 0) is 0 Å². The Morgan fingerprint density at radius 1 is 1.11 bits per heavy atom. The predicted octanol–water partition coefficient (Wildman–Crippen LogP) is 3.95. The quantitative estimate of drug-likeness (QED) is 0.782. The molecule has 0 amide bonds. The molecule has 0 radical (unpaired) electrons. The molecule has 0 aliphatic carbocycles. The molecule has 2 aromatic rings. The second kappa shape index (κ2) is 5.73. The number of nitrogens with zero attached hydrogens (tertiary/aromatic N) is 1. The fourth-order valence-corrected chi connectivity index (χ4v) is 1.57. The Labute approximate surface area is 108 Å². The van der Waals surface area contributed by atoms with Gasteiger partial charge in [0.1, 0.15) is 0 Å². The molecule has 0 saturated heterocycles. The highest BCUT2D eigenvalue weighted by Gasteiger charge is 2.12.